The standard InChI is InChI=1S/C19H25N5O2/c1-13-16(21-15-6-4-3-5-14(15)20-13)11-23-8-7-18-17(12-23)22-19(25)24(18)9-10-26-2/h3-6,17-18H,7-12H2,1-2H3,(H,22,25)/t17-,18+/m1/s1. The highest BCUT2D eigenvalue weighted by atomic mass is 16.5. The van der Waals surface area contributed by atoms with Crippen molar-refractivity contribution < 1.29 is 9.53 Å². The van der Waals surface area contributed by atoms with Crippen molar-refractivity contribution >= 4 is 17.1 Å². The first-order valence-electron chi connectivity index (χ1n) is 9.16. The quantitative estimate of drug-likeness (QED) is 0.881. The number of piperidine rings is 1. The molecule has 138 valence electrons. The van der Waals surface area contributed by atoms with Crippen molar-refractivity contribution in [1.82, 2.24) is 25.1 Å². The van der Waals surface area contributed by atoms with Gasteiger partial charge in [0, 0.05) is 33.3 Å². The number of nitrogens with one attached hydrogen (secondary N) is 1. The van der Waals surface area contributed by atoms with E-state index in [9.17, 15) is 4.79 Å². The summed E-state index contributed by atoms with van der Waals surface area (Å²) in [7, 11) is 1.67. The van der Waals surface area contributed by atoms with E-state index in [1.807, 2.05) is 36.1 Å². The number of hydrogen-bond acceptors (Lipinski definition) is 5. The van der Waals surface area contributed by atoms with Crippen LogP contribution in [0.15, 0.2) is 24.3 Å². The van der Waals surface area contributed by atoms with Crippen molar-refractivity contribution in [3.63, 3.8) is 0 Å². The number of amides is 2. The number of aromatic nitrogens is 2. The third kappa shape index (κ3) is 3.24. The normalized spacial score (nSPS) is 23.3. The first-order valence-corrected chi connectivity index (χ1v) is 9.16. The lowest BCUT2D eigenvalue weighted by molar-refractivity contribution is 0.110. The van der Waals surface area contributed by atoms with E-state index in [1.54, 1.807) is 7.11 Å². The topological polar surface area (TPSA) is 70.6 Å². The predicted molar refractivity (Wildman–Crippen MR) is 98.9 cm³/mol. The van der Waals surface area contributed by atoms with Gasteiger partial charge in [0.25, 0.3) is 0 Å². The van der Waals surface area contributed by atoms with Crippen LogP contribution in [0.25, 0.3) is 11.0 Å². The highest BCUT2D eigenvalue weighted by Crippen LogP contribution is 2.24. The predicted octanol–water partition coefficient (Wildman–Crippen LogP) is 1.55. The van der Waals surface area contributed by atoms with Crippen molar-refractivity contribution in [3.05, 3.63) is 35.7 Å². The van der Waals surface area contributed by atoms with Gasteiger partial charge in [-0.15, -0.1) is 0 Å². The third-order valence-electron chi connectivity index (χ3n) is 5.38. The van der Waals surface area contributed by atoms with Gasteiger partial charge in [-0.25, -0.2) is 14.8 Å². The Morgan fingerprint density at radius 1 is 1.27 bits per heavy atom. The van der Waals surface area contributed by atoms with E-state index < -0.39 is 0 Å². The van der Waals surface area contributed by atoms with Crippen LogP contribution in [0.4, 0.5) is 4.79 Å². The Kier molecular flexibility index (Phi) is 4.74. The molecule has 1 N–H and O–H groups in total. The Balaban J connectivity index is 1.45. The smallest absolute Gasteiger partial charge is 0.318 e. The van der Waals surface area contributed by atoms with E-state index in [0.717, 1.165) is 48.5 Å². The van der Waals surface area contributed by atoms with E-state index in [0.29, 0.717) is 13.2 Å². The molecule has 2 amide bonds. The summed E-state index contributed by atoms with van der Waals surface area (Å²) in [5.74, 6) is 0. The number of carbonyl (C=O) groups excluding carboxylic acids is 1. The molecule has 7 heteroatoms. The van der Waals surface area contributed by atoms with Crippen molar-refractivity contribution in [3.8, 4) is 0 Å². The number of urea groups is 1. The van der Waals surface area contributed by atoms with Crippen LogP contribution in [0.5, 0.6) is 0 Å². The van der Waals surface area contributed by atoms with E-state index in [4.69, 9.17) is 9.72 Å². The van der Waals surface area contributed by atoms with Crippen LogP contribution in [0.1, 0.15) is 17.8 Å². The SMILES string of the molecule is COCCN1C(=O)N[C@@H]2CN(Cc3nc4ccccc4nc3C)CC[C@@H]21. The highest BCUT2D eigenvalue weighted by molar-refractivity contribution is 5.78. The van der Waals surface area contributed by atoms with Crippen LogP contribution in [0.3, 0.4) is 0 Å². The molecule has 0 aliphatic carbocycles. The highest BCUT2D eigenvalue weighted by Gasteiger charge is 2.42. The van der Waals surface area contributed by atoms with Crippen molar-refractivity contribution in [2.45, 2.75) is 32.0 Å². The number of aryl methyl sites for hydroxylation is 1. The Bertz CT molecular complexity index is 812. The molecule has 26 heavy (non-hydrogen) atoms. The second kappa shape index (κ2) is 7.17. The number of rotatable bonds is 5. The molecular formula is C19H25N5O2. The van der Waals surface area contributed by atoms with Gasteiger partial charge in [-0.1, -0.05) is 12.1 Å². The van der Waals surface area contributed by atoms with Gasteiger partial charge >= 0.3 is 6.03 Å². The summed E-state index contributed by atoms with van der Waals surface area (Å²) in [5, 5.41) is 3.13. The Labute approximate surface area is 153 Å². The average Bonchev–Trinajstić information content (AvgIpc) is 2.95. The first kappa shape index (κ1) is 17.2. The van der Waals surface area contributed by atoms with Crippen LogP contribution in [0.2, 0.25) is 0 Å². The monoisotopic (exact) mass is 355 g/mol. The summed E-state index contributed by atoms with van der Waals surface area (Å²) in [6.45, 7) is 5.80. The van der Waals surface area contributed by atoms with Gasteiger partial charge in [-0.3, -0.25) is 4.90 Å². The molecule has 0 spiro atoms. The summed E-state index contributed by atoms with van der Waals surface area (Å²) in [6, 6.07) is 8.43. The lowest BCUT2D eigenvalue weighted by Crippen LogP contribution is -2.51. The Hall–Kier alpha value is -2.25. The number of hydrogen-bond donors (Lipinski definition) is 1. The number of fused-ring (bicyclic) bond motifs is 2. The fourth-order valence-electron chi connectivity index (χ4n) is 4.00. The number of methoxy groups -OCH3 is 1. The molecule has 2 fully saturated rings. The maximum atomic E-state index is 12.2. The molecule has 0 saturated carbocycles. The van der Waals surface area contributed by atoms with Crippen LogP contribution in [-0.2, 0) is 11.3 Å². The zero-order valence-corrected chi connectivity index (χ0v) is 15.3. The summed E-state index contributed by atoms with van der Waals surface area (Å²) in [6.07, 6.45) is 0.965. The van der Waals surface area contributed by atoms with Gasteiger partial charge in [-0.2, -0.15) is 0 Å². The fraction of sp³-hybridized carbons (Fsp3) is 0.526. The average molecular weight is 355 g/mol. The molecule has 2 aromatic rings. The first-order chi connectivity index (χ1) is 12.7. The Morgan fingerprint density at radius 3 is 2.81 bits per heavy atom. The van der Waals surface area contributed by atoms with Crippen molar-refractivity contribution in [2.24, 2.45) is 0 Å². The molecule has 2 atom stereocenters. The molecule has 0 unspecified atom stereocenters. The van der Waals surface area contributed by atoms with Gasteiger partial charge in [0.05, 0.1) is 41.1 Å². The maximum Gasteiger partial charge on any atom is 0.318 e. The molecular weight excluding hydrogens is 330 g/mol. The number of benzene rings is 1. The summed E-state index contributed by atoms with van der Waals surface area (Å²) in [5.41, 5.74) is 3.86. The molecule has 2 aliphatic heterocycles. The second-order valence-corrected chi connectivity index (χ2v) is 7.08. The molecule has 7 nitrogen and oxygen atoms in total. The van der Waals surface area contributed by atoms with E-state index in [1.165, 1.54) is 0 Å². The van der Waals surface area contributed by atoms with Gasteiger partial charge in [0.2, 0.25) is 0 Å². The molecule has 4 rings (SSSR count). The van der Waals surface area contributed by atoms with E-state index in [2.05, 4.69) is 15.2 Å². The minimum absolute atomic E-state index is 0.0283. The summed E-state index contributed by atoms with van der Waals surface area (Å²) < 4.78 is 5.13. The van der Waals surface area contributed by atoms with E-state index >= 15 is 0 Å². The van der Waals surface area contributed by atoms with E-state index in [-0.39, 0.29) is 18.1 Å². The molecule has 1 aromatic carbocycles. The second-order valence-electron chi connectivity index (χ2n) is 7.08. The number of carbonyl (C=O) groups is 1. The largest absolute Gasteiger partial charge is 0.383 e. The molecule has 2 aliphatic rings. The van der Waals surface area contributed by atoms with Crippen molar-refractivity contribution in [1.29, 1.82) is 0 Å². The lowest BCUT2D eigenvalue weighted by atomic mass is 9.99. The van der Waals surface area contributed by atoms with Crippen LogP contribution >= 0.6 is 0 Å². The lowest BCUT2D eigenvalue weighted by Gasteiger charge is -2.36. The third-order valence-corrected chi connectivity index (χ3v) is 5.38. The van der Waals surface area contributed by atoms with Gasteiger partial charge in [0.1, 0.15) is 0 Å². The van der Waals surface area contributed by atoms with Crippen LogP contribution in [-0.4, -0.2) is 71.2 Å². The Morgan fingerprint density at radius 2 is 2.04 bits per heavy atom. The summed E-state index contributed by atoms with van der Waals surface area (Å²) >= 11 is 0. The molecule has 3 heterocycles. The summed E-state index contributed by atoms with van der Waals surface area (Å²) in [4.78, 5) is 26.0. The number of ether oxygens (including phenoxy) is 1. The van der Waals surface area contributed by atoms with Gasteiger partial charge in [-0.05, 0) is 25.5 Å². The van der Waals surface area contributed by atoms with Crippen molar-refractivity contribution in [2.75, 3.05) is 33.4 Å². The molecule has 1 aromatic heterocycles. The minimum atomic E-state index is 0.0283. The number of nitrogens with zero attached hydrogens (tertiary/aromatic N) is 4. The zero-order chi connectivity index (χ0) is 18.1. The zero-order valence-electron chi connectivity index (χ0n) is 15.3. The van der Waals surface area contributed by atoms with Crippen LogP contribution < -0.4 is 5.32 Å². The van der Waals surface area contributed by atoms with Crippen LogP contribution in [0, 0.1) is 6.92 Å². The number of likely N-dealkylation sites (tertiary alicyclic amines) is 1. The van der Waals surface area contributed by atoms with Gasteiger partial charge in [0.15, 0.2) is 0 Å². The fourth-order valence-corrected chi connectivity index (χ4v) is 4.00. The number of para-hydroxylation sites is 2. The van der Waals surface area contributed by atoms with Gasteiger partial charge < -0.3 is 15.0 Å². The molecule has 0 bridgehead atoms. The molecule has 2 saturated heterocycles. The maximum absolute atomic E-state index is 12.2. The minimum Gasteiger partial charge on any atom is -0.383 e. The molecule has 0 radical (unpaired) electrons.